The summed E-state index contributed by atoms with van der Waals surface area (Å²) in [6, 6.07) is 14.5. The van der Waals surface area contributed by atoms with Gasteiger partial charge in [-0.2, -0.15) is 0 Å². The van der Waals surface area contributed by atoms with E-state index in [0.29, 0.717) is 29.5 Å². The molecular formula is C15H12ClNO3. The SMILES string of the molecule is O=c1oc2ccccc2n1CCOc1cccc(Cl)c1. The number of oxazole rings is 1. The molecule has 0 saturated heterocycles. The third kappa shape index (κ3) is 2.56. The highest BCUT2D eigenvalue weighted by Crippen LogP contribution is 2.17. The Balaban J connectivity index is 1.74. The molecule has 1 aromatic heterocycles. The maximum atomic E-state index is 11.8. The van der Waals surface area contributed by atoms with E-state index in [2.05, 4.69) is 0 Å². The molecule has 0 radical (unpaired) electrons. The van der Waals surface area contributed by atoms with Crippen molar-refractivity contribution in [2.45, 2.75) is 6.54 Å². The standard InChI is InChI=1S/C15H12ClNO3/c16-11-4-3-5-12(10-11)19-9-8-17-13-6-1-2-7-14(13)20-15(17)18/h1-7,10H,8-9H2. The van der Waals surface area contributed by atoms with Gasteiger partial charge in [0.2, 0.25) is 0 Å². The van der Waals surface area contributed by atoms with E-state index in [1.807, 2.05) is 30.3 Å². The van der Waals surface area contributed by atoms with Gasteiger partial charge in [-0.3, -0.25) is 4.57 Å². The third-order valence-corrected chi connectivity index (χ3v) is 3.19. The van der Waals surface area contributed by atoms with Gasteiger partial charge in [0.15, 0.2) is 5.58 Å². The van der Waals surface area contributed by atoms with Crippen molar-refractivity contribution in [2.24, 2.45) is 0 Å². The van der Waals surface area contributed by atoms with Gasteiger partial charge in [-0.25, -0.2) is 4.79 Å². The van der Waals surface area contributed by atoms with Crippen LogP contribution in [0.3, 0.4) is 0 Å². The molecule has 3 rings (SSSR count). The van der Waals surface area contributed by atoms with Crippen LogP contribution in [0.2, 0.25) is 5.02 Å². The first-order chi connectivity index (χ1) is 9.74. The Bertz CT molecular complexity index is 791. The van der Waals surface area contributed by atoms with E-state index in [1.165, 1.54) is 0 Å². The van der Waals surface area contributed by atoms with Gasteiger partial charge in [-0.15, -0.1) is 0 Å². The van der Waals surface area contributed by atoms with Crippen LogP contribution in [-0.4, -0.2) is 11.2 Å². The molecule has 0 N–H and O–H groups in total. The highest BCUT2D eigenvalue weighted by atomic mass is 35.5. The summed E-state index contributed by atoms with van der Waals surface area (Å²) in [5, 5.41) is 0.619. The zero-order valence-corrected chi connectivity index (χ0v) is 11.3. The fourth-order valence-corrected chi connectivity index (χ4v) is 2.22. The lowest BCUT2D eigenvalue weighted by atomic mass is 10.3. The molecule has 1 heterocycles. The van der Waals surface area contributed by atoms with Gasteiger partial charge in [0.25, 0.3) is 0 Å². The summed E-state index contributed by atoms with van der Waals surface area (Å²) >= 11 is 5.88. The molecule has 3 aromatic rings. The fourth-order valence-electron chi connectivity index (χ4n) is 2.04. The number of para-hydroxylation sites is 2. The number of hydrogen-bond donors (Lipinski definition) is 0. The number of hydrogen-bond acceptors (Lipinski definition) is 3. The highest BCUT2D eigenvalue weighted by molar-refractivity contribution is 6.30. The van der Waals surface area contributed by atoms with Crippen LogP contribution >= 0.6 is 11.6 Å². The minimum absolute atomic E-state index is 0.365. The van der Waals surface area contributed by atoms with Crippen LogP contribution < -0.4 is 10.5 Å². The van der Waals surface area contributed by atoms with E-state index in [4.69, 9.17) is 20.8 Å². The number of nitrogens with zero attached hydrogens (tertiary/aromatic N) is 1. The Morgan fingerprint density at radius 1 is 1.15 bits per heavy atom. The Kier molecular flexibility index (Phi) is 3.48. The minimum Gasteiger partial charge on any atom is -0.492 e. The van der Waals surface area contributed by atoms with Crippen LogP contribution in [0.15, 0.2) is 57.7 Å². The number of aromatic nitrogens is 1. The van der Waals surface area contributed by atoms with Gasteiger partial charge in [0.1, 0.15) is 12.4 Å². The molecule has 102 valence electrons. The smallest absolute Gasteiger partial charge is 0.420 e. The zero-order valence-electron chi connectivity index (χ0n) is 10.6. The number of benzene rings is 2. The maximum Gasteiger partial charge on any atom is 0.420 e. The Hall–Kier alpha value is -2.20. The predicted molar refractivity (Wildman–Crippen MR) is 77.4 cm³/mol. The van der Waals surface area contributed by atoms with E-state index >= 15 is 0 Å². The van der Waals surface area contributed by atoms with Gasteiger partial charge >= 0.3 is 5.76 Å². The van der Waals surface area contributed by atoms with Crippen molar-refractivity contribution < 1.29 is 9.15 Å². The van der Waals surface area contributed by atoms with E-state index < -0.39 is 0 Å². The molecule has 0 aliphatic carbocycles. The summed E-state index contributed by atoms with van der Waals surface area (Å²) in [4.78, 5) is 11.8. The van der Waals surface area contributed by atoms with Gasteiger partial charge in [-0.1, -0.05) is 29.8 Å². The molecule has 0 atom stereocenters. The summed E-state index contributed by atoms with van der Waals surface area (Å²) in [6.45, 7) is 0.784. The van der Waals surface area contributed by atoms with Gasteiger partial charge in [0, 0.05) is 5.02 Å². The number of ether oxygens (including phenoxy) is 1. The lowest BCUT2D eigenvalue weighted by molar-refractivity contribution is 0.294. The summed E-state index contributed by atoms with van der Waals surface area (Å²) in [5.74, 6) is 0.305. The largest absolute Gasteiger partial charge is 0.492 e. The Morgan fingerprint density at radius 2 is 2.00 bits per heavy atom. The zero-order chi connectivity index (χ0) is 13.9. The highest BCUT2D eigenvalue weighted by Gasteiger charge is 2.08. The van der Waals surface area contributed by atoms with Crippen molar-refractivity contribution in [3.05, 3.63) is 64.1 Å². The van der Waals surface area contributed by atoms with Gasteiger partial charge in [-0.05, 0) is 30.3 Å². The van der Waals surface area contributed by atoms with Crippen LogP contribution in [0, 0.1) is 0 Å². The first-order valence-electron chi connectivity index (χ1n) is 6.21. The molecule has 2 aromatic carbocycles. The first-order valence-corrected chi connectivity index (χ1v) is 6.58. The number of halogens is 1. The Labute approximate surface area is 120 Å². The second-order valence-electron chi connectivity index (χ2n) is 4.29. The summed E-state index contributed by atoms with van der Waals surface area (Å²) in [5.41, 5.74) is 1.35. The quantitative estimate of drug-likeness (QED) is 0.740. The second kappa shape index (κ2) is 5.43. The van der Waals surface area contributed by atoms with Crippen molar-refractivity contribution in [2.75, 3.05) is 6.61 Å². The Morgan fingerprint density at radius 3 is 2.85 bits per heavy atom. The van der Waals surface area contributed by atoms with Crippen LogP contribution in [0.5, 0.6) is 5.75 Å². The van der Waals surface area contributed by atoms with Crippen LogP contribution in [0.25, 0.3) is 11.1 Å². The van der Waals surface area contributed by atoms with E-state index in [0.717, 1.165) is 5.52 Å². The van der Waals surface area contributed by atoms with E-state index in [9.17, 15) is 4.79 Å². The van der Waals surface area contributed by atoms with Gasteiger partial charge < -0.3 is 9.15 Å². The molecule has 0 aliphatic heterocycles. The number of rotatable bonds is 4. The lowest BCUT2D eigenvalue weighted by Gasteiger charge is -2.06. The van der Waals surface area contributed by atoms with Crippen molar-refractivity contribution in [3.63, 3.8) is 0 Å². The molecule has 5 heteroatoms. The average Bonchev–Trinajstić information content (AvgIpc) is 2.75. The molecule has 0 saturated carbocycles. The monoisotopic (exact) mass is 289 g/mol. The topological polar surface area (TPSA) is 44.4 Å². The molecular weight excluding hydrogens is 278 g/mol. The van der Waals surface area contributed by atoms with Crippen molar-refractivity contribution in [1.82, 2.24) is 4.57 Å². The van der Waals surface area contributed by atoms with Crippen molar-refractivity contribution >= 4 is 22.7 Å². The van der Waals surface area contributed by atoms with Crippen LogP contribution in [-0.2, 0) is 6.54 Å². The second-order valence-corrected chi connectivity index (χ2v) is 4.73. The van der Waals surface area contributed by atoms with Crippen molar-refractivity contribution in [1.29, 1.82) is 0 Å². The molecule has 0 unspecified atom stereocenters. The molecule has 0 aliphatic rings. The van der Waals surface area contributed by atoms with E-state index in [1.54, 1.807) is 22.8 Å². The summed E-state index contributed by atoms with van der Waals surface area (Å²) in [7, 11) is 0. The van der Waals surface area contributed by atoms with Crippen LogP contribution in [0.4, 0.5) is 0 Å². The number of fused-ring (bicyclic) bond motifs is 1. The summed E-state index contributed by atoms with van der Waals surface area (Å²) < 4.78 is 12.3. The van der Waals surface area contributed by atoms with Gasteiger partial charge in [0.05, 0.1) is 12.1 Å². The molecule has 0 amide bonds. The normalized spacial score (nSPS) is 10.8. The minimum atomic E-state index is -0.374. The van der Waals surface area contributed by atoms with Crippen molar-refractivity contribution in [3.8, 4) is 5.75 Å². The van der Waals surface area contributed by atoms with Crippen LogP contribution in [0.1, 0.15) is 0 Å². The first kappa shape index (κ1) is 12.8. The molecule has 0 spiro atoms. The maximum absolute atomic E-state index is 11.8. The summed E-state index contributed by atoms with van der Waals surface area (Å²) in [6.07, 6.45) is 0. The van der Waals surface area contributed by atoms with E-state index in [-0.39, 0.29) is 5.76 Å². The lowest BCUT2D eigenvalue weighted by Crippen LogP contribution is -2.18. The average molecular weight is 290 g/mol. The molecule has 20 heavy (non-hydrogen) atoms. The molecule has 4 nitrogen and oxygen atoms in total. The third-order valence-electron chi connectivity index (χ3n) is 2.95. The fraction of sp³-hybridized carbons (Fsp3) is 0.133. The molecule has 0 fully saturated rings. The predicted octanol–water partition coefficient (Wildman–Crippen LogP) is 3.33. The molecule has 0 bridgehead atoms.